The van der Waals surface area contributed by atoms with E-state index in [1.54, 1.807) is 13.2 Å². The standard InChI is InChI=1S/C17H14N2O2/c1-20-15-10-8-14(9-11-15)17-19-18-16(21-17)12-7-13-5-3-2-4-6-13/h2-12H,1H3/b12-7+. The summed E-state index contributed by atoms with van der Waals surface area (Å²) in [6.07, 6.45) is 3.74. The summed E-state index contributed by atoms with van der Waals surface area (Å²) in [7, 11) is 1.63. The quantitative estimate of drug-likeness (QED) is 0.725. The Labute approximate surface area is 122 Å². The van der Waals surface area contributed by atoms with Crippen LogP contribution in [0.3, 0.4) is 0 Å². The summed E-state index contributed by atoms with van der Waals surface area (Å²) in [5.41, 5.74) is 1.95. The Hall–Kier alpha value is -2.88. The van der Waals surface area contributed by atoms with E-state index in [1.807, 2.05) is 60.7 Å². The summed E-state index contributed by atoms with van der Waals surface area (Å²) < 4.78 is 10.7. The molecule has 1 heterocycles. The molecule has 0 atom stereocenters. The maximum Gasteiger partial charge on any atom is 0.248 e. The molecule has 2 aromatic carbocycles. The number of nitrogens with zero attached hydrogens (tertiary/aromatic N) is 2. The maximum absolute atomic E-state index is 5.62. The van der Waals surface area contributed by atoms with Gasteiger partial charge in [0.2, 0.25) is 11.8 Å². The third-order valence-electron chi connectivity index (χ3n) is 3.00. The molecular weight excluding hydrogens is 264 g/mol. The Morgan fingerprint density at radius 3 is 2.38 bits per heavy atom. The maximum atomic E-state index is 5.62. The molecule has 0 aliphatic rings. The summed E-state index contributed by atoms with van der Waals surface area (Å²) in [6, 6.07) is 17.5. The number of methoxy groups -OCH3 is 1. The second kappa shape index (κ2) is 6.05. The van der Waals surface area contributed by atoms with Gasteiger partial charge in [-0.3, -0.25) is 0 Å². The minimum atomic E-state index is 0.477. The second-order valence-electron chi connectivity index (χ2n) is 4.42. The van der Waals surface area contributed by atoms with Crippen LogP contribution in [0, 0.1) is 0 Å². The Morgan fingerprint density at radius 2 is 1.67 bits per heavy atom. The van der Waals surface area contributed by atoms with Crippen LogP contribution < -0.4 is 4.74 Å². The highest BCUT2D eigenvalue weighted by molar-refractivity contribution is 5.66. The van der Waals surface area contributed by atoms with Crippen molar-refractivity contribution in [2.24, 2.45) is 0 Å². The molecule has 0 radical (unpaired) electrons. The largest absolute Gasteiger partial charge is 0.497 e. The number of hydrogen-bond acceptors (Lipinski definition) is 4. The molecule has 21 heavy (non-hydrogen) atoms. The molecule has 3 rings (SSSR count). The molecule has 0 saturated heterocycles. The molecule has 4 nitrogen and oxygen atoms in total. The predicted octanol–water partition coefficient (Wildman–Crippen LogP) is 3.92. The Morgan fingerprint density at radius 1 is 0.905 bits per heavy atom. The van der Waals surface area contributed by atoms with Crippen molar-refractivity contribution in [2.75, 3.05) is 7.11 Å². The fourth-order valence-corrected chi connectivity index (χ4v) is 1.88. The Kier molecular flexibility index (Phi) is 3.78. The van der Waals surface area contributed by atoms with Crippen LogP contribution in [-0.2, 0) is 0 Å². The van der Waals surface area contributed by atoms with Crippen molar-refractivity contribution in [3.8, 4) is 17.2 Å². The van der Waals surface area contributed by atoms with Crippen LogP contribution >= 0.6 is 0 Å². The van der Waals surface area contributed by atoms with E-state index in [9.17, 15) is 0 Å². The number of ether oxygens (including phenoxy) is 1. The van der Waals surface area contributed by atoms with E-state index in [1.165, 1.54) is 0 Å². The molecule has 4 heteroatoms. The van der Waals surface area contributed by atoms with Gasteiger partial charge in [0, 0.05) is 11.6 Å². The lowest BCUT2D eigenvalue weighted by Crippen LogP contribution is -1.82. The molecule has 0 aliphatic carbocycles. The van der Waals surface area contributed by atoms with Crippen LogP contribution in [0.5, 0.6) is 5.75 Å². The molecular formula is C17H14N2O2. The van der Waals surface area contributed by atoms with Gasteiger partial charge < -0.3 is 9.15 Å². The Balaban J connectivity index is 1.78. The first-order chi connectivity index (χ1) is 10.3. The lowest BCUT2D eigenvalue weighted by Gasteiger charge is -1.98. The molecule has 0 amide bonds. The summed E-state index contributed by atoms with van der Waals surface area (Å²) in [6.45, 7) is 0. The van der Waals surface area contributed by atoms with Gasteiger partial charge in [0.05, 0.1) is 7.11 Å². The van der Waals surface area contributed by atoms with E-state index < -0.39 is 0 Å². The number of hydrogen-bond donors (Lipinski definition) is 0. The summed E-state index contributed by atoms with van der Waals surface area (Å²) >= 11 is 0. The van der Waals surface area contributed by atoms with Crippen LogP contribution in [-0.4, -0.2) is 17.3 Å². The highest BCUT2D eigenvalue weighted by Crippen LogP contribution is 2.21. The molecule has 1 aromatic heterocycles. The average Bonchev–Trinajstić information content (AvgIpc) is 3.03. The van der Waals surface area contributed by atoms with Crippen LogP contribution in [0.2, 0.25) is 0 Å². The van der Waals surface area contributed by atoms with Gasteiger partial charge in [0.25, 0.3) is 0 Å². The zero-order valence-corrected chi connectivity index (χ0v) is 11.6. The Bertz CT molecular complexity index is 731. The summed E-state index contributed by atoms with van der Waals surface area (Å²) in [4.78, 5) is 0. The molecule has 0 saturated carbocycles. The summed E-state index contributed by atoms with van der Waals surface area (Å²) in [5.74, 6) is 1.76. The van der Waals surface area contributed by atoms with Crippen molar-refractivity contribution >= 4 is 12.2 Å². The monoisotopic (exact) mass is 278 g/mol. The first kappa shape index (κ1) is 13.1. The van der Waals surface area contributed by atoms with Crippen molar-refractivity contribution < 1.29 is 9.15 Å². The van der Waals surface area contributed by atoms with E-state index in [0.29, 0.717) is 11.8 Å². The molecule has 104 valence electrons. The highest BCUT2D eigenvalue weighted by atomic mass is 16.5. The van der Waals surface area contributed by atoms with Crippen molar-refractivity contribution in [3.05, 3.63) is 66.1 Å². The average molecular weight is 278 g/mol. The molecule has 0 N–H and O–H groups in total. The fourth-order valence-electron chi connectivity index (χ4n) is 1.88. The van der Waals surface area contributed by atoms with Crippen LogP contribution in [0.15, 0.2) is 59.0 Å². The van der Waals surface area contributed by atoms with Crippen molar-refractivity contribution in [1.82, 2.24) is 10.2 Å². The molecule has 0 aliphatic heterocycles. The van der Waals surface area contributed by atoms with Gasteiger partial charge in [-0.25, -0.2) is 0 Å². The third-order valence-corrected chi connectivity index (χ3v) is 3.00. The smallest absolute Gasteiger partial charge is 0.248 e. The zero-order valence-electron chi connectivity index (χ0n) is 11.6. The third kappa shape index (κ3) is 3.17. The molecule has 0 fully saturated rings. The van der Waals surface area contributed by atoms with Gasteiger partial charge in [-0.2, -0.15) is 0 Å². The summed E-state index contributed by atoms with van der Waals surface area (Å²) in [5, 5.41) is 8.06. The topological polar surface area (TPSA) is 48.2 Å². The van der Waals surface area contributed by atoms with E-state index in [2.05, 4.69) is 10.2 Å². The minimum absolute atomic E-state index is 0.477. The molecule has 0 spiro atoms. The molecule has 3 aromatic rings. The first-order valence-electron chi connectivity index (χ1n) is 6.56. The van der Waals surface area contributed by atoms with E-state index in [-0.39, 0.29) is 0 Å². The number of rotatable bonds is 4. The molecule has 0 unspecified atom stereocenters. The van der Waals surface area contributed by atoms with Gasteiger partial charge >= 0.3 is 0 Å². The van der Waals surface area contributed by atoms with Gasteiger partial charge in [-0.1, -0.05) is 30.3 Å². The second-order valence-corrected chi connectivity index (χ2v) is 4.42. The first-order valence-corrected chi connectivity index (χ1v) is 6.56. The van der Waals surface area contributed by atoms with Crippen molar-refractivity contribution in [2.45, 2.75) is 0 Å². The van der Waals surface area contributed by atoms with Gasteiger partial charge in [-0.05, 0) is 35.9 Å². The predicted molar refractivity (Wildman–Crippen MR) is 81.7 cm³/mol. The lowest BCUT2D eigenvalue weighted by atomic mass is 10.2. The lowest BCUT2D eigenvalue weighted by molar-refractivity contribution is 0.415. The SMILES string of the molecule is COc1ccc(-c2nnc(/C=C/c3ccccc3)o2)cc1. The van der Waals surface area contributed by atoms with Crippen molar-refractivity contribution in [1.29, 1.82) is 0 Å². The van der Waals surface area contributed by atoms with Crippen LogP contribution in [0.4, 0.5) is 0 Å². The minimum Gasteiger partial charge on any atom is -0.497 e. The van der Waals surface area contributed by atoms with Crippen LogP contribution in [0.25, 0.3) is 23.6 Å². The van der Waals surface area contributed by atoms with Crippen LogP contribution in [0.1, 0.15) is 11.5 Å². The van der Waals surface area contributed by atoms with Gasteiger partial charge in [0.15, 0.2) is 0 Å². The van der Waals surface area contributed by atoms with E-state index in [0.717, 1.165) is 16.9 Å². The number of benzene rings is 2. The molecule has 0 bridgehead atoms. The highest BCUT2D eigenvalue weighted by Gasteiger charge is 2.06. The number of aromatic nitrogens is 2. The van der Waals surface area contributed by atoms with Crippen molar-refractivity contribution in [3.63, 3.8) is 0 Å². The van der Waals surface area contributed by atoms with E-state index in [4.69, 9.17) is 9.15 Å². The van der Waals surface area contributed by atoms with E-state index >= 15 is 0 Å². The normalized spacial score (nSPS) is 10.9. The van der Waals surface area contributed by atoms with Gasteiger partial charge in [-0.15, -0.1) is 10.2 Å². The fraction of sp³-hybridized carbons (Fsp3) is 0.0588. The van der Waals surface area contributed by atoms with Gasteiger partial charge in [0.1, 0.15) is 5.75 Å². The zero-order chi connectivity index (χ0) is 14.5.